The zero-order chi connectivity index (χ0) is 15.6. The standard InChI is InChI=1S/C13H17FN2O4S/c14-10-1-2-11(17)12(8-10)21(19,20)16-5-3-9(4-6-16)7-13(15)18/h1-2,8-9,17H,3-7H2,(H2,15,18). The number of piperidine rings is 1. The molecule has 0 saturated carbocycles. The number of sulfonamides is 1. The lowest BCUT2D eigenvalue weighted by Gasteiger charge is -2.30. The molecule has 1 amide bonds. The Morgan fingerprint density at radius 1 is 1.38 bits per heavy atom. The van der Waals surface area contributed by atoms with Crippen molar-refractivity contribution < 1.29 is 22.7 Å². The summed E-state index contributed by atoms with van der Waals surface area (Å²) in [7, 11) is -3.94. The first kappa shape index (κ1) is 15.7. The smallest absolute Gasteiger partial charge is 0.246 e. The van der Waals surface area contributed by atoms with Gasteiger partial charge < -0.3 is 10.8 Å². The molecule has 1 fully saturated rings. The second-order valence-electron chi connectivity index (χ2n) is 5.13. The first-order valence-corrected chi connectivity index (χ1v) is 8.01. The van der Waals surface area contributed by atoms with Crippen molar-refractivity contribution in [1.82, 2.24) is 4.31 Å². The molecule has 0 atom stereocenters. The molecular weight excluding hydrogens is 299 g/mol. The van der Waals surface area contributed by atoms with E-state index in [1.54, 1.807) is 0 Å². The second-order valence-corrected chi connectivity index (χ2v) is 7.04. The molecule has 0 unspecified atom stereocenters. The van der Waals surface area contributed by atoms with Gasteiger partial charge in [0.05, 0.1) is 0 Å². The van der Waals surface area contributed by atoms with Gasteiger partial charge in [-0.1, -0.05) is 0 Å². The zero-order valence-electron chi connectivity index (χ0n) is 11.3. The van der Waals surface area contributed by atoms with Gasteiger partial charge in [-0.2, -0.15) is 4.31 Å². The van der Waals surface area contributed by atoms with E-state index in [2.05, 4.69) is 0 Å². The van der Waals surface area contributed by atoms with Gasteiger partial charge in [-0.05, 0) is 37.0 Å². The third-order valence-corrected chi connectivity index (χ3v) is 5.53. The molecule has 116 valence electrons. The predicted octanol–water partition coefficient (Wildman–Crippen LogP) is 0.807. The molecule has 1 aliphatic rings. The van der Waals surface area contributed by atoms with E-state index < -0.39 is 32.4 Å². The summed E-state index contributed by atoms with van der Waals surface area (Å²) in [4.78, 5) is 10.4. The van der Waals surface area contributed by atoms with Gasteiger partial charge in [0.1, 0.15) is 16.5 Å². The number of rotatable bonds is 4. The van der Waals surface area contributed by atoms with Gasteiger partial charge in [0.2, 0.25) is 15.9 Å². The molecule has 0 bridgehead atoms. The first-order valence-electron chi connectivity index (χ1n) is 6.57. The summed E-state index contributed by atoms with van der Waals surface area (Å²) in [6.45, 7) is 0.437. The fourth-order valence-electron chi connectivity index (χ4n) is 2.47. The molecule has 6 nitrogen and oxygen atoms in total. The van der Waals surface area contributed by atoms with Gasteiger partial charge in [-0.3, -0.25) is 4.79 Å². The van der Waals surface area contributed by atoms with Crippen LogP contribution in [-0.2, 0) is 14.8 Å². The number of halogens is 1. The first-order chi connectivity index (χ1) is 9.80. The fourth-order valence-corrected chi connectivity index (χ4v) is 4.04. The van der Waals surface area contributed by atoms with Crippen molar-refractivity contribution >= 4 is 15.9 Å². The third-order valence-electron chi connectivity index (χ3n) is 3.60. The van der Waals surface area contributed by atoms with Gasteiger partial charge in [-0.15, -0.1) is 0 Å². The monoisotopic (exact) mass is 316 g/mol. The Hall–Kier alpha value is -1.67. The predicted molar refractivity (Wildman–Crippen MR) is 73.4 cm³/mol. The van der Waals surface area contributed by atoms with Crippen LogP contribution in [0.2, 0.25) is 0 Å². The third kappa shape index (κ3) is 3.51. The topological polar surface area (TPSA) is 101 Å². The number of aromatic hydroxyl groups is 1. The summed E-state index contributed by atoms with van der Waals surface area (Å²) in [5.41, 5.74) is 5.13. The van der Waals surface area contributed by atoms with Gasteiger partial charge in [0.15, 0.2) is 0 Å². The van der Waals surface area contributed by atoms with Crippen molar-refractivity contribution in [3.05, 3.63) is 24.0 Å². The number of hydrogen-bond acceptors (Lipinski definition) is 4. The van der Waals surface area contributed by atoms with Crippen LogP contribution in [0, 0.1) is 11.7 Å². The molecule has 1 aromatic rings. The summed E-state index contributed by atoms with van der Waals surface area (Å²) in [5.74, 6) is -1.54. The highest BCUT2D eigenvalue weighted by molar-refractivity contribution is 7.89. The summed E-state index contributed by atoms with van der Waals surface area (Å²) < 4.78 is 39.2. The number of phenols is 1. The Balaban J connectivity index is 2.15. The van der Waals surface area contributed by atoms with Gasteiger partial charge in [0.25, 0.3) is 0 Å². The lowest BCUT2D eigenvalue weighted by atomic mass is 9.94. The average Bonchev–Trinajstić information content (AvgIpc) is 2.41. The van der Waals surface area contributed by atoms with Crippen LogP contribution in [-0.4, -0.2) is 36.8 Å². The number of amides is 1. The van der Waals surface area contributed by atoms with Crippen LogP contribution >= 0.6 is 0 Å². The van der Waals surface area contributed by atoms with Crippen LogP contribution in [0.1, 0.15) is 19.3 Å². The maximum Gasteiger partial charge on any atom is 0.246 e. The molecule has 2 rings (SSSR count). The maximum absolute atomic E-state index is 13.2. The molecule has 0 aromatic heterocycles. The van der Waals surface area contributed by atoms with Crippen LogP contribution in [0.3, 0.4) is 0 Å². The van der Waals surface area contributed by atoms with Crippen LogP contribution in [0.25, 0.3) is 0 Å². The number of hydrogen-bond donors (Lipinski definition) is 2. The lowest BCUT2D eigenvalue weighted by molar-refractivity contribution is -0.119. The molecule has 0 radical (unpaired) electrons. The summed E-state index contributed by atoms with van der Waals surface area (Å²) in [6.07, 6.45) is 1.26. The Bertz CT molecular complexity index is 640. The lowest BCUT2D eigenvalue weighted by Crippen LogP contribution is -2.39. The SMILES string of the molecule is NC(=O)CC1CCN(S(=O)(=O)c2cc(F)ccc2O)CC1. The molecule has 1 aromatic carbocycles. The van der Waals surface area contributed by atoms with E-state index in [4.69, 9.17) is 5.73 Å². The quantitative estimate of drug-likeness (QED) is 0.858. The van der Waals surface area contributed by atoms with Crippen LogP contribution < -0.4 is 5.73 Å². The summed E-state index contributed by atoms with van der Waals surface area (Å²) >= 11 is 0. The second kappa shape index (κ2) is 5.98. The summed E-state index contributed by atoms with van der Waals surface area (Å²) in [5, 5.41) is 9.64. The fraction of sp³-hybridized carbons (Fsp3) is 0.462. The van der Waals surface area contributed by atoms with Crippen molar-refractivity contribution in [1.29, 1.82) is 0 Å². The normalized spacial score (nSPS) is 17.8. The van der Waals surface area contributed by atoms with Gasteiger partial charge in [0, 0.05) is 19.5 Å². The van der Waals surface area contributed by atoms with Crippen molar-refractivity contribution in [2.24, 2.45) is 11.7 Å². The highest BCUT2D eigenvalue weighted by Crippen LogP contribution is 2.30. The van der Waals surface area contributed by atoms with Gasteiger partial charge in [-0.25, -0.2) is 12.8 Å². The minimum atomic E-state index is -3.94. The molecule has 0 aliphatic carbocycles. The number of phenolic OH excluding ortho intramolecular Hbond substituents is 1. The van der Waals surface area contributed by atoms with E-state index >= 15 is 0 Å². The minimum absolute atomic E-state index is 0.0649. The number of carbonyl (C=O) groups is 1. The van der Waals surface area contributed by atoms with E-state index in [0.717, 1.165) is 18.2 Å². The van der Waals surface area contributed by atoms with Crippen molar-refractivity contribution in [2.75, 3.05) is 13.1 Å². The Labute approximate surface area is 122 Å². The number of nitrogens with zero attached hydrogens (tertiary/aromatic N) is 1. The maximum atomic E-state index is 13.2. The minimum Gasteiger partial charge on any atom is -0.507 e. The van der Waals surface area contributed by atoms with E-state index in [1.807, 2.05) is 0 Å². The van der Waals surface area contributed by atoms with Crippen LogP contribution in [0.4, 0.5) is 4.39 Å². The van der Waals surface area contributed by atoms with Gasteiger partial charge >= 0.3 is 0 Å². The highest BCUT2D eigenvalue weighted by Gasteiger charge is 2.31. The molecule has 0 spiro atoms. The van der Waals surface area contributed by atoms with E-state index in [1.165, 1.54) is 4.31 Å². The number of nitrogens with two attached hydrogens (primary N) is 1. The average molecular weight is 316 g/mol. The van der Waals surface area contributed by atoms with E-state index in [-0.39, 0.29) is 25.4 Å². The molecule has 1 saturated heterocycles. The van der Waals surface area contributed by atoms with Crippen LogP contribution in [0.15, 0.2) is 23.1 Å². The van der Waals surface area contributed by atoms with E-state index in [9.17, 15) is 22.7 Å². The molecule has 1 aliphatic heterocycles. The Kier molecular flexibility index (Phi) is 4.48. The van der Waals surface area contributed by atoms with Crippen molar-refractivity contribution in [3.63, 3.8) is 0 Å². The molecule has 1 heterocycles. The van der Waals surface area contributed by atoms with Crippen LogP contribution in [0.5, 0.6) is 5.75 Å². The zero-order valence-corrected chi connectivity index (χ0v) is 12.1. The highest BCUT2D eigenvalue weighted by atomic mass is 32.2. The Morgan fingerprint density at radius 3 is 2.57 bits per heavy atom. The van der Waals surface area contributed by atoms with Crippen molar-refractivity contribution in [2.45, 2.75) is 24.2 Å². The molecular formula is C13H17FN2O4S. The number of primary amides is 1. The molecule has 3 N–H and O–H groups in total. The molecule has 21 heavy (non-hydrogen) atoms. The largest absolute Gasteiger partial charge is 0.507 e. The molecule has 8 heteroatoms. The van der Waals surface area contributed by atoms with E-state index in [0.29, 0.717) is 12.8 Å². The number of benzene rings is 1. The Morgan fingerprint density at radius 2 is 2.00 bits per heavy atom. The summed E-state index contributed by atoms with van der Waals surface area (Å²) in [6, 6.07) is 2.82. The van der Waals surface area contributed by atoms with Crippen molar-refractivity contribution in [3.8, 4) is 5.75 Å². The number of carbonyl (C=O) groups excluding carboxylic acids is 1.